The van der Waals surface area contributed by atoms with E-state index >= 15 is 0 Å². The molecule has 0 saturated heterocycles. The number of rotatable bonds is 4. The second-order valence-electron chi connectivity index (χ2n) is 2.86. The van der Waals surface area contributed by atoms with Crippen LogP contribution in [-0.4, -0.2) is 18.4 Å². The van der Waals surface area contributed by atoms with E-state index in [9.17, 15) is 14.7 Å². The van der Waals surface area contributed by atoms with E-state index in [0.29, 0.717) is 10.0 Å². The summed E-state index contributed by atoms with van der Waals surface area (Å²) in [5.41, 5.74) is 0.482. The van der Waals surface area contributed by atoms with Crippen molar-refractivity contribution in [2.24, 2.45) is 0 Å². The predicted molar refractivity (Wildman–Crippen MR) is 56.1 cm³/mol. The number of carbonyl (C=O) groups excluding carboxylic acids is 2. The fourth-order valence-electron chi connectivity index (χ4n) is 1.02. The Labute approximate surface area is 95.4 Å². The van der Waals surface area contributed by atoms with Gasteiger partial charge < -0.3 is 15.2 Å². The number of carboxylic acid groups (broad SMARTS) is 1. The monoisotopic (exact) mass is 270 g/mol. The first kappa shape index (κ1) is 11.7. The zero-order chi connectivity index (χ0) is 11.3. The molecule has 0 atom stereocenters. The van der Waals surface area contributed by atoms with Crippen LogP contribution >= 0.6 is 15.9 Å². The standard InChI is InChI=1S/C10H10BrNO3/c11-8-4-2-1-3-7(8)10(15)12-6-5-9(13)14/h1-4H,5-6H2,(H,12,15)(H,13,14)/p-1. The normalized spacial score (nSPS) is 9.67. The summed E-state index contributed by atoms with van der Waals surface area (Å²) in [6.45, 7) is 0.0719. The number of hydrogen-bond donors (Lipinski definition) is 1. The van der Waals surface area contributed by atoms with Crippen molar-refractivity contribution in [1.82, 2.24) is 5.32 Å². The highest BCUT2D eigenvalue weighted by Crippen LogP contribution is 2.15. The van der Waals surface area contributed by atoms with Gasteiger partial charge in [0.05, 0.1) is 5.56 Å². The molecule has 15 heavy (non-hydrogen) atoms. The third-order valence-corrected chi connectivity index (χ3v) is 2.42. The largest absolute Gasteiger partial charge is 0.550 e. The average molecular weight is 271 g/mol. The Morgan fingerprint density at radius 3 is 2.60 bits per heavy atom. The molecule has 4 nitrogen and oxygen atoms in total. The molecule has 0 saturated carbocycles. The van der Waals surface area contributed by atoms with Crippen LogP contribution in [0.4, 0.5) is 0 Å². The topological polar surface area (TPSA) is 69.2 Å². The minimum atomic E-state index is -1.18. The molecule has 1 N–H and O–H groups in total. The van der Waals surface area contributed by atoms with E-state index in [4.69, 9.17) is 0 Å². The molecule has 0 spiro atoms. The van der Waals surface area contributed by atoms with Crippen LogP contribution in [0, 0.1) is 0 Å². The minimum Gasteiger partial charge on any atom is -0.550 e. The molecule has 0 aliphatic rings. The summed E-state index contributed by atoms with van der Waals surface area (Å²) in [5, 5.41) is 12.6. The van der Waals surface area contributed by atoms with Crippen molar-refractivity contribution in [2.75, 3.05) is 6.54 Å². The lowest BCUT2D eigenvalue weighted by Gasteiger charge is -2.06. The molecular formula is C10H9BrNO3-. The molecule has 1 aromatic rings. The van der Waals surface area contributed by atoms with Gasteiger partial charge in [-0.25, -0.2) is 0 Å². The van der Waals surface area contributed by atoms with Crippen LogP contribution in [0.5, 0.6) is 0 Å². The first-order valence-electron chi connectivity index (χ1n) is 4.34. The molecule has 0 bridgehead atoms. The summed E-state index contributed by atoms with van der Waals surface area (Å²) >= 11 is 3.23. The third-order valence-electron chi connectivity index (χ3n) is 1.73. The van der Waals surface area contributed by atoms with Gasteiger partial charge in [-0.3, -0.25) is 4.79 Å². The second kappa shape index (κ2) is 5.50. The van der Waals surface area contributed by atoms with Crippen LogP contribution < -0.4 is 10.4 Å². The SMILES string of the molecule is O=C([O-])CCNC(=O)c1ccccc1Br. The second-order valence-corrected chi connectivity index (χ2v) is 3.71. The zero-order valence-corrected chi connectivity index (χ0v) is 9.41. The maximum Gasteiger partial charge on any atom is 0.252 e. The number of aliphatic carboxylic acids is 1. The summed E-state index contributed by atoms with van der Waals surface area (Å²) in [6, 6.07) is 6.92. The molecule has 0 aromatic heterocycles. The van der Waals surface area contributed by atoms with E-state index in [1.807, 2.05) is 0 Å². The molecule has 0 aliphatic carbocycles. The Morgan fingerprint density at radius 2 is 2.00 bits per heavy atom. The van der Waals surface area contributed by atoms with Crippen LogP contribution in [-0.2, 0) is 4.79 Å². The zero-order valence-electron chi connectivity index (χ0n) is 7.83. The average Bonchev–Trinajstić information content (AvgIpc) is 2.17. The van der Waals surface area contributed by atoms with Gasteiger partial charge in [0.15, 0.2) is 0 Å². The Morgan fingerprint density at radius 1 is 1.33 bits per heavy atom. The van der Waals surface area contributed by atoms with E-state index < -0.39 is 5.97 Å². The van der Waals surface area contributed by atoms with Crippen molar-refractivity contribution in [3.63, 3.8) is 0 Å². The third kappa shape index (κ3) is 3.71. The van der Waals surface area contributed by atoms with Gasteiger partial charge in [-0.2, -0.15) is 0 Å². The highest BCUT2D eigenvalue weighted by atomic mass is 79.9. The van der Waals surface area contributed by atoms with Crippen molar-refractivity contribution in [3.05, 3.63) is 34.3 Å². The smallest absolute Gasteiger partial charge is 0.252 e. The quantitative estimate of drug-likeness (QED) is 0.857. The lowest BCUT2D eigenvalue weighted by Crippen LogP contribution is -2.31. The van der Waals surface area contributed by atoms with Crippen molar-refractivity contribution in [3.8, 4) is 0 Å². The number of amides is 1. The molecule has 0 fully saturated rings. The first-order chi connectivity index (χ1) is 7.11. The molecular weight excluding hydrogens is 262 g/mol. The van der Waals surface area contributed by atoms with Gasteiger partial charge >= 0.3 is 0 Å². The van der Waals surface area contributed by atoms with Crippen LogP contribution in [0.25, 0.3) is 0 Å². The van der Waals surface area contributed by atoms with Crippen LogP contribution in [0.2, 0.25) is 0 Å². The van der Waals surface area contributed by atoms with E-state index in [0.717, 1.165) is 0 Å². The van der Waals surface area contributed by atoms with Gasteiger partial charge in [0.1, 0.15) is 0 Å². The van der Waals surface area contributed by atoms with Gasteiger partial charge in [-0.05, 0) is 28.1 Å². The van der Waals surface area contributed by atoms with E-state index in [1.165, 1.54) is 0 Å². The maximum atomic E-state index is 11.5. The molecule has 1 rings (SSSR count). The molecule has 0 aliphatic heterocycles. The number of benzene rings is 1. The van der Waals surface area contributed by atoms with Crippen molar-refractivity contribution in [1.29, 1.82) is 0 Å². The Hall–Kier alpha value is -1.36. The number of nitrogens with one attached hydrogen (secondary N) is 1. The summed E-state index contributed by atoms with van der Waals surface area (Å²) in [4.78, 5) is 21.6. The van der Waals surface area contributed by atoms with E-state index in [-0.39, 0.29) is 18.9 Å². The fourth-order valence-corrected chi connectivity index (χ4v) is 1.48. The number of halogens is 1. The predicted octanol–water partition coefficient (Wildman–Crippen LogP) is 0.319. The molecule has 1 aromatic carbocycles. The Kier molecular flexibility index (Phi) is 4.30. The minimum absolute atomic E-state index is 0.0719. The van der Waals surface area contributed by atoms with Crippen LogP contribution in [0.15, 0.2) is 28.7 Å². The van der Waals surface area contributed by atoms with Crippen molar-refractivity contribution in [2.45, 2.75) is 6.42 Å². The molecule has 0 heterocycles. The lowest BCUT2D eigenvalue weighted by atomic mass is 10.2. The summed E-state index contributed by atoms with van der Waals surface area (Å²) in [6.07, 6.45) is -0.184. The summed E-state index contributed by atoms with van der Waals surface area (Å²) in [5.74, 6) is -1.48. The molecule has 1 amide bonds. The van der Waals surface area contributed by atoms with E-state index in [2.05, 4.69) is 21.2 Å². The molecule has 0 unspecified atom stereocenters. The van der Waals surface area contributed by atoms with Gasteiger partial charge in [0.2, 0.25) is 0 Å². The van der Waals surface area contributed by atoms with Gasteiger partial charge in [-0.15, -0.1) is 0 Å². The first-order valence-corrected chi connectivity index (χ1v) is 5.13. The van der Waals surface area contributed by atoms with Crippen LogP contribution in [0.1, 0.15) is 16.8 Å². The highest BCUT2D eigenvalue weighted by molar-refractivity contribution is 9.10. The molecule has 0 radical (unpaired) electrons. The fraction of sp³-hybridized carbons (Fsp3) is 0.200. The summed E-state index contributed by atoms with van der Waals surface area (Å²) < 4.78 is 0.677. The summed E-state index contributed by atoms with van der Waals surface area (Å²) in [7, 11) is 0. The van der Waals surface area contributed by atoms with Gasteiger partial charge in [0.25, 0.3) is 5.91 Å². The Bertz CT molecular complexity index is 379. The number of carboxylic acids is 1. The molecule has 80 valence electrons. The lowest BCUT2D eigenvalue weighted by molar-refractivity contribution is -0.305. The van der Waals surface area contributed by atoms with Crippen LogP contribution in [0.3, 0.4) is 0 Å². The van der Waals surface area contributed by atoms with E-state index in [1.54, 1.807) is 24.3 Å². The number of carbonyl (C=O) groups is 2. The number of hydrogen-bond acceptors (Lipinski definition) is 3. The van der Waals surface area contributed by atoms with Crippen molar-refractivity contribution >= 4 is 27.8 Å². The highest BCUT2D eigenvalue weighted by Gasteiger charge is 2.07. The van der Waals surface area contributed by atoms with Gasteiger partial charge in [0, 0.05) is 23.4 Å². The Balaban J connectivity index is 2.54. The van der Waals surface area contributed by atoms with Gasteiger partial charge in [-0.1, -0.05) is 12.1 Å². The maximum absolute atomic E-state index is 11.5. The molecule has 5 heteroatoms. The van der Waals surface area contributed by atoms with Crippen molar-refractivity contribution < 1.29 is 14.7 Å².